The summed E-state index contributed by atoms with van der Waals surface area (Å²) < 4.78 is 10.1. The number of esters is 1. The van der Waals surface area contributed by atoms with Crippen molar-refractivity contribution in [3.05, 3.63) is 0 Å². The van der Waals surface area contributed by atoms with Crippen LogP contribution in [0.1, 0.15) is 26.2 Å². The molecule has 0 aromatic heterocycles. The van der Waals surface area contributed by atoms with Crippen LogP contribution < -0.4 is 0 Å². The second-order valence-corrected chi connectivity index (χ2v) is 4.41. The fraction of sp³-hybridized carbons (Fsp3) is 0.900. The van der Waals surface area contributed by atoms with Crippen molar-refractivity contribution in [1.82, 2.24) is 0 Å². The monoisotopic (exact) mass is 218 g/mol. The summed E-state index contributed by atoms with van der Waals surface area (Å²) in [6, 6.07) is 0. The number of rotatable bonds is 6. The van der Waals surface area contributed by atoms with Crippen LogP contribution in [0.5, 0.6) is 0 Å². The van der Waals surface area contributed by atoms with E-state index in [0.717, 1.165) is 18.6 Å². The van der Waals surface area contributed by atoms with Crippen LogP contribution in [0.4, 0.5) is 0 Å². The van der Waals surface area contributed by atoms with Gasteiger partial charge in [0.2, 0.25) is 0 Å². The first kappa shape index (κ1) is 11.9. The van der Waals surface area contributed by atoms with Gasteiger partial charge >= 0.3 is 5.97 Å². The quantitative estimate of drug-likeness (QED) is 0.544. The summed E-state index contributed by atoms with van der Waals surface area (Å²) in [5.74, 6) is 0.655. The SMILES string of the molecule is COCC(C)OC(=O)CC1(CS)CC1. The van der Waals surface area contributed by atoms with Crippen molar-refractivity contribution < 1.29 is 14.3 Å². The fourth-order valence-corrected chi connectivity index (χ4v) is 1.84. The average Bonchev–Trinajstić information content (AvgIpc) is 2.85. The number of hydrogen-bond donors (Lipinski definition) is 1. The molecule has 0 heterocycles. The van der Waals surface area contributed by atoms with Crippen molar-refractivity contribution in [2.24, 2.45) is 5.41 Å². The van der Waals surface area contributed by atoms with E-state index < -0.39 is 0 Å². The van der Waals surface area contributed by atoms with Crippen LogP contribution in [0.15, 0.2) is 0 Å². The lowest BCUT2D eigenvalue weighted by molar-refractivity contribution is -0.151. The molecule has 1 aliphatic rings. The van der Waals surface area contributed by atoms with E-state index >= 15 is 0 Å². The number of hydrogen-bond acceptors (Lipinski definition) is 4. The Balaban J connectivity index is 2.22. The van der Waals surface area contributed by atoms with Gasteiger partial charge in [0, 0.05) is 7.11 Å². The van der Waals surface area contributed by atoms with Crippen LogP contribution in [0.2, 0.25) is 0 Å². The van der Waals surface area contributed by atoms with Crippen molar-refractivity contribution in [3.8, 4) is 0 Å². The van der Waals surface area contributed by atoms with E-state index in [1.54, 1.807) is 7.11 Å². The van der Waals surface area contributed by atoms with Gasteiger partial charge in [-0.2, -0.15) is 12.6 Å². The highest BCUT2D eigenvalue weighted by Gasteiger charge is 2.43. The van der Waals surface area contributed by atoms with Gasteiger partial charge in [-0.1, -0.05) is 0 Å². The molecule has 0 aliphatic heterocycles. The first-order chi connectivity index (χ1) is 6.62. The molecule has 0 amide bonds. The summed E-state index contributed by atoms with van der Waals surface area (Å²) in [6.45, 7) is 2.29. The predicted octanol–water partition coefficient (Wildman–Crippen LogP) is 1.66. The largest absolute Gasteiger partial charge is 0.460 e. The molecule has 1 atom stereocenters. The summed E-state index contributed by atoms with van der Waals surface area (Å²) in [6.07, 6.45) is 2.56. The summed E-state index contributed by atoms with van der Waals surface area (Å²) in [5.41, 5.74) is 0.146. The third-order valence-electron chi connectivity index (χ3n) is 2.55. The van der Waals surface area contributed by atoms with Crippen LogP contribution in [0, 0.1) is 5.41 Å². The van der Waals surface area contributed by atoms with Crippen molar-refractivity contribution >= 4 is 18.6 Å². The molecule has 14 heavy (non-hydrogen) atoms. The van der Waals surface area contributed by atoms with Gasteiger partial charge in [0.25, 0.3) is 0 Å². The van der Waals surface area contributed by atoms with Gasteiger partial charge in [-0.25, -0.2) is 0 Å². The normalized spacial score (nSPS) is 20.2. The lowest BCUT2D eigenvalue weighted by Gasteiger charge is -2.15. The molecule has 0 aromatic carbocycles. The number of thiol groups is 1. The van der Waals surface area contributed by atoms with Gasteiger partial charge in [0.1, 0.15) is 6.10 Å². The van der Waals surface area contributed by atoms with E-state index in [0.29, 0.717) is 13.0 Å². The lowest BCUT2D eigenvalue weighted by Crippen LogP contribution is -2.22. The maximum absolute atomic E-state index is 11.4. The van der Waals surface area contributed by atoms with E-state index in [1.165, 1.54) is 0 Å². The summed E-state index contributed by atoms with van der Waals surface area (Å²) in [5, 5.41) is 0. The zero-order valence-electron chi connectivity index (χ0n) is 8.78. The first-order valence-electron chi connectivity index (χ1n) is 4.91. The van der Waals surface area contributed by atoms with Crippen LogP contribution in [-0.2, 0) is 14.3 Å². The Morgan fingerprint density at radius 2 is 2.21 bits per heavy atom. The molecule has 1 unspecified atom stereocenters. The Hall–Kier alpha value is -0.220. The van der Waals surface area contributed by atoms with Gasteiger partial charge < -0.3 is 9.47 Å². The smallest absolute Gasteiger partial charge is 0.306 e. The molecular weight excluding hydrogens is 200 g/mol. The van der Waals surface area contributed by atoms with E-state index in [4.69, 9.17) is 9.47 Å². The van der Waals surface area contributed by atoms with Gasteiger partial charge in [-0.15, -0.1) is 0 Å². The molecule has 1 fully saturated rings. The highest BCUT2D eigenvalue weighted by Crippen LogP contribution is 2.49. The highest BCUT2D eigenvalue weighted by molar-refractivity contribution is 7.80. The zero-order chi connectivity index (χ0) is 10.6. The number of methoxy groups -OCH3 is 1. The minimum absolute atomic E-state index is 0.124. The third-order valence-corrected chi connectivity index (χ3v) is 3.22. The lowest BCUT2D eigenvalue weighted by atomic mass is 10.1. The van der Waals surface area contributed by atoms with Crippen LogP contribution in [0.25, 0.3) is 0 Å². The standard InChI is InChI=1S/C10H18O3S/c1-8(6-12-2)13-9(11)5-10(7-14)3-4-10/h8,14H,3-7H2,1-2H3. The maximum Gasteiger partial charge on any atom is 0.306 e. The molecule has 1 rings (SSSR count). The molecule has 0 spiro atoms. The molecule has 0 N–H and O–H groups in total. The summed E-state index contributed by atoms with van der Waals surface area (Å²) in [4.78, 5) is 11.4. The molecule has 0 saturated heterocycles. The van der Waals surface area contributed by atoms with Crippen molar-refractivity contribution in [2.45, 2.75) is 32.3 Å². The molecule has 0 radical (unpaired) electrons. The van der Waals surface area contributed by atoms with Gasteiger partial charge in [-0.05, 0) is 30.9 Å². The van der Waals surface area contributed by atoms with E-state index in [2.05, 4.69) is 12.6 Å². The highest BCUT2D eigenvalue weighted by atomic mass is 32.1. The number of carbonyl (C=O) groups excluding carboxylic acids is 1. The minimum Gasteiger partial charge on any atom is -0.460 e. The minimum atomic E-state index is -0.150. The van der Waals surface area contributed by atoms with Crippen LogP contribution >= 0.6 is 12.6 Å². The van der Waals surface area contributed by atoms with Gasteiger partial charge in [-0.3, -0.25) is 4.79 Å². The Kier molecular flexibility index (Phi) is 4.26. The van der Waals surface area contributed by atoms with E-state index in [9.17, 15) is 4.79 Å². The van der Waals surface area contributed by atoms with Gasteiger partial charge in [0.15, 0.2) is 0 Å². The Morgan fingerprint density at radius 1 is 1.57 bits per heavy atom. The van der Waals surface area contributed by atoms with Crippen molar-refractivity contribution in [3.63, 3.8) is 0 Å². The van der Waals surface area contributed by atoms with E-state index in [-0.39, 0.29) is 17.5 Å². The van der Waals surface area contributed by atoms with E-state index in [1.807, 2.05) is 6.92 Å². The molecule has 1 saturated carbocycles. The molecule has 0 aromatic rings. The zero-order valence-corrected chi connectivity index (χ0v) is 9.68. The topological polar surface area (TPSA) is 35.5 Å². The fourth-order valence-electron chi connectivity index (χ4n) is 1.41. The average molecular weight is 218 g/mol. The van der Waals surface area contributed by atoms with Crippen molar-refractivity contribution in [2.75, 3.05) is 19.5 Å². The van der Waals surface area contributed by atoms with Crippen molar-refractivity contribution in [1.29, 1.82) is 0 Å². The number of carbonyl (C=O) groups is 1. The Labute approximate surface area is 90.6 Å². The Bertz CT molecular complexity index is 202. The first-order valence-corrected chi connectivity index (χ1v) is 5.54. The second kappa shape index (κ2) is 5.03. The number of ether oxygens (including phenoxy) is 2. The molecule has 0 bridgehead atoms. The molecule has 82 valence electrons. The summed E-state index contributed by atoms with van der Waals surface area (Å²) in [7, 11) is 1.60. The second-order valence-electron chi connectivity index (χ2n) is 4.09. The van der Waals surface area contributed by atoms with Crippen LogP contribution in [-0.4, -0.2) is 31.5 Å². The maximum atomic E-state index is 11.4. The third kappa shape index (κ3) is 3.50. The predicted molar refractivity (Wildman–Crippen MR) is 57.6 cm³/mol. The Morgan fingerprint density at radius 3 is 2.64 bits per heavy atom. The van der Waals surface area contributed by atoms with Crippen LogP contribution in [0.3, 0.4) is 0 Å². The summed E-state index contributed by atoms with van der Waals surface area (Å²) >= 11 is 4.24. The van der Waals surface area contributed by atoms with Gasteiger partial charge in [0.05, 0.1) is 13.0 Å². The molecular formula is C10H18O3S. The molecule has 4 heteroatoms. The molecule has 1 aliphatic carbocycles. The molecule has 3 nitrogen and oxygen atoms in total.